The molecule has 0 radical (unpaired) electrons. The van der Waals surface area contributed by atoms with Gasteiger partial charge in [-0.2, -0.15) is 13.2 Å². The van der Waals surface area contributed by atoms with Crippen molar-refractivity contribution in [3.8, 4) is 0 Å². The van der Waals surface area contributed by atoms with Crippen molar-refractivity contribution in [2.75, 3.05) is 6.61 Å². The molecule has 22 heavy (non-hydrogen) atoms. The first-order valence-electron chi connectivity index (χ1n) is 6.13. The lowest BCUT2D eigenvalue weighted by atomic mass is 9.57. The molecular weight excluding hydrogens is 327 g/mol. The second-order valence-electron chi connectivity index (χ2n) is 5.75. The Labute approximate surface area is 120 Å². The molecular formula is C11H14F7NO3. The van der Waals surface area contributed by atoms with Crippen LogP contribution >= 0.6 is 0 Å². The van der Waals surface area contributed by atoms with Gasteiger partial charge in [0.15, 0.2) is 5.67 Å². The molecule has 1 aliphatic rings. The van der Waals surface area contributed by atoms with Crippen LogP contribution in [0.4, 0.5) is 30.7 Å². The highest BCUT2D eigenvalue weighted by Gasteiger charge is 2.95. The van der Waals surface area contributed by atoms with Crippen molar-refractivity contribution in [2.24, 2.45) is 5.92 Å². The minimum Gasteiger partial charge on any atom is -0.393 e. The third-order valence-corrected chi connectivity index (χ3v) is 4.35. The fourth-order valence-electron chi connectivity index (χ4n) is 3.09. The van der Waals surface area contributed by atoms with Crippen LogP contribution < -0.4 is 0 Å². The topological polar surface area (TPSA) is 63.4 Å². The van der Waals surface area contributed by atoms with Crippen LogP contribution in [0.15, 0.2) is 0 Å². The Hall–Kier alpha value is -1.13. The first-order chi connectivity index (χ1) is 9.60. The first-order valence-corrected chi connectivity index (χ1v) is 6.13. The predicted octanol–water partition coefficient (Wildman–Crippen LogP) is 2.71. The molecule has 0 amide bonds. The Balaban J connectivity index is 3.91. The Morgan fingerprint density at radius 1 is 1.18 bits per heavy atom. The number of halogens is 7. The van der Waals surface area contributed by atoms with Crippen LogP contribution in [0.5, 0.6) is 0 Å². The van der Waals surface area contributed by atoms with E-state index in [1.165, 1.54) is 0 Å². The van der Waals surface area contributed by atoms with E-state index in [-0.39, 0.29) is 6.92 Å². The van der Waals surface area contributed by atoms with E-state index >= 15 is 0 Å². The van der Waals surface area contributed by atoms with E-state index in [9.17, 15) is 40.8 Å². The summed E-state index contributed by atoms with van der Waals surface area (Å²) in [5.74, 6) is -13.4. The molecule has 0 saturated heterocycles. The molecule has 0 spiro atoms. The van der Waals surface area contributed by atoms with E-state index < -0.39 is 52.3 Å². The zero-order chi connectivity index (χ0) is 17.9. The van der Waals surface area contributed by atoms with Gasteiger partial charge in [-0.1, -0.05) is 13.8 Å². The van der Waals surface area contributed by atoms with Crippen molar-refractivity contribution < 1.29 is 40.8 Å². The first kappa shape index (κ1) is 18.9. The van der Waals surface area contributed by atoms with Gasteiger partial charge in [-0.25, -0.2) is 17.6 Å². The van der Waals surface area contributed by atoms with Gasteiger partial charge in [0.05, 0.1) is 11.5 Å². The third-order valence-electron chi connectivity index (χ3n) is 4.35. The van der Waals surface area contributed by atoms with E-state index in [0.717, 1.165) is 0 Å². The average molecular weight is 341 g/mol. The maximum Gasteiger partial charge on any atom is 0.460 e. The molecule has 0 aliphatic heterocycles. The number of rotatable bonds is 3. The van der Waals surface area contributed by atoms with Crippen LogP contribution in [0.2, 0.25) is 0 Å². The summed E-state index contributed by atoms with van der Waals surface area (Å²) >= 11 is 0. The lowest BCUT2D eigenvalue weighted by Crippen LogP contribution is -2.86. The molecule has 1 N–H and O–H groups in total. The van der Waals surface area contributed by atoms with E-state index in [0.29, 0.717) is 13.8 Å². The van der Waals surface area contributed by atoms with Gasteiger partial charge in [0, 0.05) is 0 Å². The maximum absolute atomic E-state index is 14.9. The summed E-state index contributed by atoms with van der Waals surface area (Å²) in [6.07, 6.45) is -4.48. The van der Waals surface area contributed by atoms with E-state index in [4.69, 9.17) is 5.11 Å². The van der Waals surface area contributed by atoms with Crippen LogP contribution in [0, 0.1) is 16.0 Å². The second kappa shape index (κ2) is 4.68. The Morgan fingerprint density at radius 3 is 1.86 bits per heavy atom. The highest BCUT2D eigenvalue weighted by Crippen LogP contribution is 2.65. The number of nitro groups is 1. The van der Waals surface area contributed by atoms with Gasteiger partial charge in [0.25, 0.3) is 5.67 Å². The molecule has 5 unspecified atom stereocenters. The molecule has 4 nitrogen and oxygen atoms in total. The molecule has 0 bridgehead atoms. The van der Waals surface area contributed by atoms with Gasteiger partial charge in [-0.3, -0.25) is 10.1 Å². The quantitative estimate of drug-likeness (QED) is 0.372. The van der Waals surface area contributed by atoms with E-state index in [1.807, 2.05) is 0 Å². The van der Waals surface area contributed by atoms with Crippen molar-refractivity contribution in [3.63, 3.8) is 0 Å². The monoisotopic (exact) mass is 341 g/mol. The van der Waals surface area contributed by atoms with Crippen LogP contribution in [-0.2, 0) is 0 Å². The molecule has 1 rings (SSSR count). The van der Waals surface area contributed by atoms with Crippen molar-refractivity contribution in [1.29, 1.82) is 0 Å². The van der Waals surface area contributed by atoms with Crippen molar-refractivity contribution in [1.82, 2.24) is 0 Å². The standard InChI is InChI=1S/C11H14F7NO3/c1-5(2)9(15)7(3,13)11(18,19(21)22)10(16,17)6(12)8(9,14)4-20/h5-6,20H,4H2,1-3H3. The van der Waals surface area contributed by atoms with Crippen LogP contribution in [0.25, 0.3) is 0 Å². The average Bonchev–Trinajstić information content (AvgIpc) is 2.41. The van der Waals surface area contributed by atoms with Crippen LogP contribution in [0.1, 0.15) is 20.8 Å². The molecule has 0 aromatic heterocycles. The molecule has 1 saturated carbocycles. The zero-order valence-electron chi connectivity index (χ0n) is 11.7. The molecule has 5 atom stereocenters. The summed E-state index contributed by atoms with van der Waals surface area (Å²) in [6.45, 7) is -1.15. The summed E-state index contributed by atoms with van der Waals surface area (Å²) in [7, 11) is 0. The number of hydrogen-bond donors (Lipinski definition) is 1. The van der Waals surface area contributed by atoms with Gasteiger partial charge in [0.1, 0.15) is 0 Å². The lowest BCUT2D eigenvalue weighted by Gasteiger charge is -2.56. The predicted molar refractivity (Wildman–Crippen MR) is 59.8 cm³/mol. The number of hydrogen-bond acceptors (Lipinski definition) is 3. The van der Waals surface area contributed by atoms with Gasteiger partial charge in [0.2, 0.25) is 11.8 Å². The third kappa shape index (κ3) is 1.57. The molecule has 0 heterocycles. The summed E-state index contributed by atoms with van der Waals surface area (Å²) in [5.41, 5.74) is -13.8. The Morgan fingerprint density at radius 2 is 1.59 bits per heavy atom. The summed E-state index contributed by atoms with van der Waals surface area (Å²) in [6, 6.07) is 0. The fraction of sp³-hybridized carbons (Fsp3) is 1.00. The van der Waals surface area contributed by atoms with Gasteiger partial charge in [-0.15, -0.1) is 0 Å². The minimum atomic E-state index is -5.86. The second-order valence-corrected chi connectivity index (χ2v) is 5.75. The van der Waals surface area contributed by atoms with E-state index in [1.54, 1.807) is 0 Å². The molecule has 11 heteroatoms. The van der Waals surface area contributed by atoms with Crippen molar-refractivity contribution in [3.05, 3.63) is 10.1 Å². The largest absolute Gasteiger partial charge is 0.460 e. The summed E-state index contributed by atoms with van der Waals surface area (Å²) in [5, 5.41) is 19.5. The minimum absolute atomic E-state index is 0.278. The number of nitrogens with zero attached hydrogens (tertiary/aromatic N) is 1. The number of alkyl halides is 7. The van der Waals surface area contributed by atoms with Gasteiger partial charge >= 0.3 is 11.7 Å². The van der Waals surface area contributed by atoms with Gasteiger partial charge < -0.3 is 5.11 Å². The number of aliphatic hydroxyl groups excluding tert-OH is 1. The molecule has 0 aromatic rings. The Bertz CT molecular complexity index is 488. The molecule has 0 aromatic carbocycles. The van der Waals surface area contributed by atoms with Crippen LogP contribution in [0.3, 0.4) is 0 Å². The highest BCUT2D eigenvalue weighted by atomic mass is 19.3. The Kier molecular flexibility index (Phi) is 4.03. The normalized spacial score (nSPS) is 48.5. The fourth-order valence-corrected chi connectivity index (χ4v) is 3.09. The number of aliphatic hydroxyl groups is 1. The van der Waals surface area contributed by atoms with Gasteiger partial charge in [-0.05, 0) is 12.8 Å². The maximum atomic E-state index is 14.9. The summed E-state index contributed by atoms with van der Waals surface area (Å²) < 4.78 is 99.6. The lowest BCUT2D eigenvalue weighted by molar-refractivity contribution is -0.675. The SMILES string of the molecule is CC(C)C1(F)C(F)(CO)C(F)C(F)(F)C(F)([N+](=O)[O-])C1(C)F. The van der Waals surface area contributed by atoms with E-state index in [2.05, 4.69) is 0 Å². The highest BCUT2D eigenvalue weighted by molar-refractivity contribution is 5.29. The van der Waals surface area contributed by atoms with Crippen molar-refractivity contribution >= 4 is 0 Å². The smallest absolute Gasteiger partial charge is 0.393 e. The van der Waals surface area contributed by atoms with Crippen LogP contribution in [-0.4, -0.2) is 51.5 Å². The summed E-state index contributed by atoms with van der Waals surface area (Å²) in [4.78, 5) is 8.15. The molecule has 130 valence electrons. The van der Waals surface area contributed by atoms with Crippen molar-refractivity contribution in [2.45, 2.75) is 55.7 Å². The molecule has 1 aliphatic carbocycles. The molecule has 1 fully saturated rings. The zero-order valence-corrected chi connectivity index (χ0v) is 11.7.